The van der Waals surface area contributed by atoms with Crippen molar-refractivity contribution in [2.45, 2.75) is 5.03 Å². The second kappa shape index (κ2) is 8.32. The molecule has 0 fully saturated rings. The highest BCUT2D eigenvalue weighted by molar-refractivity contribution is 8.00. The van der Waals surface area contributed by atoms with Gasteiger partial charge in [0.25, 0.3) is 0 Å². The van der Waals surface area contributed by atoms with Crippen molar-refractivity contribution in [3.63, 3.8) is 0 Å². The maximum atomic E-state index is 13.0. The molecule has 29 heavy (non-hydrogen) atoms. The lowest BCUT2D eigenvalue weighted by atomic mass is 10.1. The molecule has 0 saturated heterocycles. The van der Waals surface area contributed by atoms with E-state index in [1.54, 1.807) is 24.0 Å². The number of halogens is 1. The number of nitrogens with zero attached hydrogens (tertiary/aromatic N) is 3. The van der Waals surface area contributed by atoms with E-state index in [-0.39, 0.29) is 17.5 Å². The van der Waals surface area contributed by atoms with E-state index in [9.17, 15) is 9.18 Å². The molecule has 0 spiro atoms. The van der Waals surface area contributed by atoms with Crippen LogP contribution >= 0.6 is 11.8 Å². The van der Waals surface area contributed by atoms with Crippen LogP contribution in [-0.4, -0.2) is 33.4 Å². The molecule has 0 aliphatic rings. The molecule has 2 aromatic carbocycles. The van der Waals surface area contributed by atoms with Crippen molar-refractivity contribution in [2.24, 2.45) is 0 Å². The molecule has 2 heterocycles. The van der Waals surface area contributed by atoms with Crippen molar-refractivity contribution in [2.75, 3.05) is 18.2 Å². The summed E-state index contributed by atoms with van der Waals surface area (Å²) in [7, 11) is 1.63. The first kappa shape index (κ1) is 18.9. The Balaban J connectivity index is 1.49. The number of hydrogen-bond donors (Lipinski definition) is 1. The van der Waals surface area contributed by atoms with Gasteiger partial charge in [0.05, 0.1) is 24.1 Å². The third-order valence-electron chi connectivity index (χ3n) is 4.21. The highest BCUT2D eigenvalue weighted by atomic mass is 32.2. The van der Waals surface area contributed by atoms with Crippen LogP contribution in [0.5, 0.6) is 5.75 Å². The van der Waals surface area contributed by atoms with Crippen LogP contribution in [0.25, 0.3) is 16.8 Å². The van der Waals surface area contributed by atoms with Gasteiger partial charge in [-0.25, -0.2) is 13.9 Å². The van der Waals surface area contributed by atoms with E-state index in [2.05, 4.69) is 15.4 Å². The standard InChI is InChI=1S/C21H17FN4O2S/c1-28-17-8-2-14(3-9-17)18-12-19-21(23-10-11-26(19)25-18)29-13-20(27)24-16-6-4-15(22)5-7-16/h2-12H,13H2,1H3,(H,24,27). The van der Waals surface area contributed by atoms with E-state index >= 15 is 0 Å². The minimum Gasteiger partial charge on any atom is -0.497 e. The Bertz CT molecular complexity index is 1140. The molecular weight excluding hydrogens is 391 g/mol. The molecule has 8 heteroatoms. The SMILES string of the molecule is COc1ccc(-c2cc3c(SCC(=O)Nc4ccc(F)cc4)nccn3n2)cc1. The van der Waals surface area contributed by atoms with Crippen LogP contribution < -0.4 is 10.1 Å². The Morgan fingerprint density at radius 2 is 1.93 bits per heavy atom. The van der Waals surface area contributed by atoms with Crippen molar-refractivity contribution in [1.82, 2.24) is 14.6 Å². The number of carbonyl (C=O) groups is 1. The van der Waals surface area contributed by atoms with Crippen LogP contribution in [0, 0.1) is 5.82 Å². The van der Waals surface area contributed by atoms with Gasteiger partial charge in [0.2, 0.25) is 5.91 Å². The number of aromatic nitrogens is 3. The summed E-state index contributed by atoms with van der Waals surface area (Å²) in [4.78, 5) is 16.6. The number of ether oxygens (including phenoxy) is 1. The zero-order chi connectivity index (χ0) is 20.2. The number of rotatable bonds is 6. The van der Waals surface area contributed by atoms with E-state index in [0.29, 0.717) is 10.7 Å². The Morgan fingerprint density at radius 1 is 1.17 bits per heavy atom. The number of hydrogen-bond acceptors (Lipinski definition) is 5. The van der Waals surface area contributed by atoms with Crippen LogP contribution in [0.2, 0.25) is 0 Å². The van der Waals surface area contributed by atoms with Gasteiger partial charge in [-0.1, -0.05) is 11.8 Å². The smallest absolute Gasteiger partial charge is 0.234 e. The summed E-state index contributed by atoms with van der Waals surface area (Å²) >= 11 is 1.32. The maximum Gasteiger partial charge on any atom is 0.234 e. The van der Waals surface area contributed by atoms with E-state index in [1.165, 1.54) is 36.0 Å². The highest BCUT2D eigenvalue weighted by Gasteiger charge is 2.12. The van der Waals surface area contributed by atoms with Gasteiger partial charge in [0, 0.05) is 23.6 Å². The Kier molecular flexibility index (Phi) is 5.44. The average molecular weight is 408 g/mol. The zero-order valence-corrected chi connectivity index (χ0v) is 16.3. The molecule has 1 amide bonds. The van der Waals surface area contributed by atoms with Gasteiger partial charge in [-0.15, -0.1) is 0 Å². The monoisotopic (exact) mass is 408 g/mol. The zero-order valence-electron chi connectivity index (χ0n) is 15.5. The Morgan fingerprint density at radius 3 is 2.66 bits per heavy atom. The van der Waals surface area contributed by atoms with E-state index in [1.807, 2.05) is 30.3 Å². The lowest BCUT2D eigenvalue weighted by molar-refractivity contribution is -0.113. The largest absolute Gasteiger partial charge is 0.497 e. The maximum absolute atomic E-state index is 13.0. The molecule has 1 N–H and O–H groups in total. The third-order valence-corrected chi connectivity index (χ3v) is 5.20. The Labute approximate surface area is 170 Å². The van der Waals surface area contributed by atoms with Crippen LogP contribution in [0.1, 0.15) is 0 Å². The van der Waals surface area contributed by atoms with Crippen LogP contribution in [0.15, 0.2) is 72.0 Å². The summed E-state index contributed by atoms with van der Waals surface area (Å²) in [6.07, 6.45) is 3.42. The topological polar surface area (TPSA) is 68.5 Å². The summed E-state index contributed by atoms with van der Waals surface area (Å²) in [5.41, 5.74) is 3.13. The van der Waals surface area contributed by atoms with Gasteiger partial charge in [-0.3, -0.25) is 4.79 Å². The van der Waals surface area contributed by atoms with Gasteiger partial charge in [0.15, 0.2) is 0 Å². The fourth-order valence-corrected chi connectivity index (χ4v) is 3.55. The number of benzene rings is 2. The van der Waals surface area contributed by atoms with E-state index in [0.717, 1.165) is 22.5 Å². The van der Waals surface area contributed by atoms with Crippen LogP contribution in [0.3, 0.4) is 0 Å². The van der Waals surface area contributed by atoms with Crippen LogP contribution in [0.4, 0.5) is 10.1 Å². The molecule has 0 atom stereocenters. The van der Waals surface area contributed by atoms with Crippen molar-refractivity contribution >= 4 is 28.9 Å². The lowest BCUT2D eigenvalue weighted by Gasteiger charge is -2.05. The molecule has 2 aromatic heterocycles. The number of nitrogens with one attached hydrogen (secondary N) is 1. The summed E-state index contributed by atoms with van der Waals surface area (Å²) in [6, 6.07) is 15.2. The van der Waals surface area contributed by atoms with E-state index < -0.39 is 0 Å². The van der Waals surface area contributed by atoms with Gasteiger partial charge in [-0.05, 0) is 54.6 Å². The molecule has 4 aromatic rings. The van der Waals surface area contributed by atoms with Gasteiger partial charge < -0.3 is 10.1 Å². The molecule has 0 aliphatic heterocycles. The number of fused-ring (bicyclic) bond motifs is 1. The van der Waals surface area contributed by atoms with Crippen molar-refractivity contribution < 1.29 is 13.9 Å². The summed E-state index contributed by atoms with van der Waals surface area (Å²) < 4.78 is 19.9. The predicted molar refractivity (Wildman–Crippen MR) is 111 cm³/mol. The van der Waals surface area contributed by atoms with Gasteiger partial charge in [-0.2, -0.15) is 5.10 Å². The summed E-state index contributed by atoms with van der Waals surface area (Å²) in [5, 5.41) is 8.03. The van der Waals surface area contributed by atoms with Gasteiger partial charge >= 0.3 is 0 Å². The first-order valence-electron chi connectivity index (χ1n) is 8.79. The van der Waals surface area contributed by atoms with Crippen molar-refractivity contribution in [1.29, 1.82) is 0 Å². The quantitative estimate of drug-likeness (QED) is 0.483. The Hall–Kier alpha value is -3.39. The normalized spacial score (nSPS) is 10.8. The van der Waals surface area contributed by atoms with Crippen molar-refractivity contribution in [3.05, 3.63) is 72.8 Å². The molecule has 6 nitrogen and oxygen atoms in total. The number of anilines is 1. The molecule has 0 saturated carbocycles. The highest BCUT2D eigenvalue weighted by Crippen LogP contribution is 2.27. The molecule has 0 radical (unpaired) electrons. The fourth-order valence-electron chi connectivity index (χ4n) is 2.78. The molecule has 0 aliphatic carbocycles. The summed E-state index contributed by atoms with van der Waals surface area (Å²) in [6.45, 7) is 0. The fraction of sp³-hybridized carbons (Fsp3) is 0.0952. The second-order valence-electron chi connectivity index (χ2n) is 6.16. The second-order valence-corrected chi connectivity index (χ2v) is 7.13. The average Bonchev–Trinajstić information content (AvgIpc) is 3.19. The molecule has 146 valence electrons. The molecular formula is C21H17FN4O2S. The number of thioether (sulfide) groups is 1. The molecule has 0 unspecified atom stereocenters. The lowest BCUT2D eigenvalue weighted by Crippen LogP contribution is -2.14. The molecule has 0 bridgehead atoms. The molecule has 4 rings (SSSR count). The first-order chi connectivity index (χ1) is 14.1. The summed E-state index contributed by atoms with van der Waals surface area (Å²) in [5.74, 6) is 0.414. The van der Waals surface area contributed by atoms with Crippen molar-refractivity contribution in [3.8, 4) is 17.0 Å². The first-order valence-corrected chi connectivity index (χ1v) is 9.78. The predicted octanol–water partition coefficient (Wildman–Crippen LogP) is 4.27. The van der Waals surface area contributed by atoms with Gasteiger partial charge in [0.1, 0.15) is 16.6 Å². The number of carbonyl (C=O) groups excluding carboxylic acids is 1. The minimum absolute atomic E-state index is 0.174. The van der Waals surface area contributed by atoms with Crippen LogP contribution in [-0.2, 0) is 4.79 Å². The number of methoxy groups -OCH3 is 1. The minimum atomic E-state index is -0.346. The van der Waals surface area contributed by atoms with E-state index in [4.69, 9.17) is 4.74 Å². The third kappa shape index (κ3) is 4.38. The number of amides is 1.